The van der Waals surface area contributed by atoms with Crippen LogP contribution in [0.3, 0.4) is 0 Å². The molecule has 6 nitrogen and oxygen atoms in total. The number of fused-ring (bicyclic) bond motifs is 1. The van der Waals surface area contributed by atoms with Gasteiger partial charge in [-0.3, -0.25) is 14.6 Å². The van der Waals surface area contributed by atoms with E-state index in [0.717, 1.165) is 22.3 Å². The monoisotopic (exact) mass is 375 g/mol. The van der Waals surface area contributed by atoms with Crippen molar-refractivity contribution in [2.45, 2.75) is 13.3 Å². The highest BCUT2D eigenvalue weighted by atomic mass is 16.5. The van der Waals surface area contributed by atoms with Crippen molar-refractivity contribution in [3.8, 4) is 5.75 Å². The molecule has 1 atom stereocenters. The molecule has 1 aliphatic heterocycles. The van der Waals surface area contributed by atoms with E-state index in [2.05, 4.69) is 10.3 Å². The Morgan fingerprint density at radius 2 is 2.00 bits per heavy atom. The summed E-state index contributed by atoms with van der Waals surface area (Å²) in [6, 6.07) is 16.8. The van der Waals surface area contributed by atoms with E-state index in [1.807, 2.05) is 55.5 Å². The Kier molecular flexibility index (Phi) is 4.69. The first kappa shape index (κ1) is 18.0. The summed E-state index contributed by atoms with van der Waals surface area (Å²) in [4.78, 5) is 31.5. The maximum absolute atomic E-state index is 12.8. The number of pyridine rings is 1. The highest BCUT2D eigenvalue weighted by molar-refractivity contribution is 6.06. The van der Waals surface area contributed by atoms with E-state index < -0.39 is 5.92 Å². The van der Waals surface area contributed by atoms with E-state index >= 15 is 0 Å². The Hall–Kier alpha value is -3.41. The molecule has 6 heteroatoms. The lowest BCUT2D eigenvalue weighted by molar-refractivity contribution is -0.122. The zero-order valence-corrected chi connectivity index (χ0v) is 15.8. The third-order valence-corrected chi connectivity index (χ3v) is 4.99. The van der Waals surface area contributed by atoms with Crippen molar-refractivity contribution >= 4 is 34.1 Å². The first-order valence-electron chi connectivity index (χ1n) is 9.17. The lowest BCUT2D eigenvalue weighted by atomic mass is 10.1. The molecule has 0 radical (unpaired) electrons. The average Bonchev–Trinajstić information content (AvgIpc) is 3.10. The normalized spacial score (nSPS) is 16.4. The second-order valence-electron chi connectivity index (χ2n) is 6.92. The van der Waals surface area contributed by atoms with Crippen LogP contribution in [0.15, 0.2) is 54.6 Å². The number of benzene rings is 2. The Labute approximate surface area is 163 Å². The molecule has 0 spiro atoms. The zero-order chi connectivity index (χ0) is 19.7. The molecule has 3 aromatic rings. The standard InChI is InChI=1S/C22H21N3O3/c1-14-9-10-18-19(23-14)7-4-8-20(18)24-22(27)15-11-21(26)25(13-15)16-5-3-6-17(12-16)28-2/h3-10,12,15H,11,13H2,1-2H3,(H,24,27). The SMILES string of the molecule is COc1cccc(N2CC(C(=O)Nc3cccc4nc(C)ccc34)CC2=O)c1. The number of nitrogens with one attached hydrogen (secondary N) is 1. The van der Waals surface area contributed by atoms with Crippen molar-refractivity contribution in [2.75, 3.05) is 23.9 Å². The minimum absolute atomic E-state index is 0.0661. The van der Waals surface area contributed by atoms with E-state index in [9.17, 15) is 9.59 Å². The largest absolute Gasteiger partial charge is 0.497 e. The number of methoxy groups -OCH3 is 1. The minimum atomic E-state index is -0.410. The first-order chi connectivity index (χ1) is 13.5. The fraction of sp³-hybridized carbons (Fsp3) is 0.227. The van der Waals surface area contributed by atoms with Gasteiger partial charge < -0.3 is 15.0 Å². The molecule has 1 saturated heterocycles. The van der Waals surface area contributed by atoms with Crippen LogP contribution in [-0.4, -0.2) is 30.5 Å². The maximum atomic E-state index is 12.8. The summed E-state index contributed by atoms with van der Waals surface area (Å²) in [5.74, 6) is 0.0413. The number of rotatable bonds is 4. The molecule has 2 amide bonds. The Morgan fingerprint density at radius 1 is 1.18 bits per heavy atom. The van der Waals surface area contributed by atoms with E-state index in [1.165, 1.54) is 0 Å². The molecule has 0 aliphatic carbocycles. The highest BCUT2D eigenvalue weighted by Crippen LogP contribution is 2.29. The highest BCUT2D eigenvalue weighted by Gasteiger charge is 2.35. The molecule has 142 valence electrons. The second-order valence-corrected chi connectivity index (χ2v) is 6.92. The lowest BCUT2D eigenvalue weighted by Crippen LogP contribution is -2.28. The van der Waals surface area contributed by atoms with Crippen LogP contribution < -0.4 is 15.0 Å². The van der Waals surface area contributed by atoms with Gasteiger partial charge >= 0.3 is 0 Å². The Balaban J connectivity index is 1.53. The smallest absolute Gasteiger partial charge is 0.229 e. The molecular formula is C22H21N3O3. The summed E-state index contributed by atoms with van der Waals surface area (Å²) in [6.45, 7) is 2.28. The summed E-state index contributed by atoms with van der Waals surface area (Å²) in [6.07, 6.45) is 0.186. The average molecular weight is 375 g/mol. The summed E-state index contributed by atoms with van der Waals surface area (Å²) in [5, 5.41) is 3.86. The van der Waals surface area contributed by atoms with Crippen LogP contribution in [0.4, 0.5) is 11.4 Å². The van der Waals surface area contributed by atoms with Crippen molar-refractivity contribution < 1.29 is 14.3 Å². The predicted molar refractivity (Wildman–Crippen MR) is 109 cm³/mol. The van der Waals surface area contributed by atoms with Gasteiger partial charge in [0.2, 0.25) is 11.8 Å². The summed E-state index contributed by atoms with van der Waals surface area (Å²) in [7, 11) is 1.59. The third-order valence-electron chi connectivity index (χ3n) is 4.99. The number of nitrogens with zero attached hydrogens (tertiary/aromatic N) is 2. The van der Waals surface area contributed by atoms with Gasteiger partial charge in [0.05, 0.1) is 24.2 Å². The summed E-state index contributed by atoms with van der Waals surface area (Å²) >= 11 is 0. The van der Waals surface area contributed by atoms with Crippen molar-refractivity contribution in [1.82, 2.24) is 4.98 Å². The minimum Gasteiger partial charge on any atom is -0.497 e. The Bertz CT molecular complexity index is 1060. The van der Waals surface area contributed by atoms with Gasteiger partial charge in [-0.25, -0.2) is 0 Å². The van der Waals surface area contributed by atoms with Crippen molar-refractivity contribution in [2.24, 2.45) is 5.92 Å². The van der Waals surface area contributed by atoms with Crippen LogP contribution in [0.2, 0.25) is 0 Å². The second kappa shape index (κ2) is 7.31. The maximum Gasteiger partial charge on any atom is 0.229 e. The van der Waals surface area contributed by atoms with E-state index in [1.54, 1.807) is 18.1 Å². The number of aromatic nitrogens is 1. The van der Waals surface area contributed by atoms with Crippen molar-refractivity contribution in [3.05, 3.63) is 60.3 Å². The van der Waals surface area contributed by atoms with Gasteiger partial charge in [0.25, 0.3) is 0 Å². The van der Waals surface area contributed by atoms with Crippen LogP contribution >= 0.6 is 0 Å². The third kappa shape index (κ3) is 3.41. The molecule has 1 aliphatic rings. The van der Waals surface area contributed by atoms with Crippen LogP contribution in [0.25, 0.3) is 10.9 Å². The quantitative estimate of drug-likeness (QED) is 0.757. The molecular weight excluding hydrogens is 354 g/mol. The van der Waals surface area contributed by atoms with Gasteiger partial charge in [0.1, 0.15) is 5.75 Å². The number of ether oxygens (including phenoxy) is 1. The number of hydrogen-bond acceptors (Lipinski definition) is 4. The molecule has 28 heavy (non-hydrogen) atoms. The molecule has 1 unspecified atom stereocenters. The van der Waals surface area contributed by atoms with E-state index in [0.29, 0.717) is 18.0 Å². The van der Waals surface area contributed by atoms with Gasteiger partial charge in [-0.05, 0) is 43.3 Å². The fourth-order valence-corrected chi connectivity index (χ4v) is 3.51. The van der Waals surface area contributed by atoms with Crippen LogP contribution in [0, 0.1) is 12.8 Å². The summed E-state index contributed by atoms with van der Waals surface area (Å²) < 4.78 is 5.23. The number of aryl methyl sites for hydroxylation is 1. The topological polar surface area (TPSA) is 71.5 Å². The number of carbonyl (C=O) groups excluding carboxylic acids is 2. The van der Waals surface area contributed by atoms with Crippen LogP contribution in [0.5, 0.6) is 5.75 Å². The fourth-order valence-electron chi connectivity index (χ4n) is 3.51. The summed E-state index contributed by atoms with van der Waals surface area (Å²) in [5.41, 5.74) is 3.20. The van der Waals surface area contributed by atoms with Gasteiger partial charge in [-0.2, -0.15) is 0 Å². The van der Waals surface area contributed by atoms with E-state index in [4.69, 9.17) is 4.74 Å². The molecule has 1 fully saturated rings. The van der Waals surface area contributed by atoms with Crippen molar-refractivity contribution in [3.63, 3.8) is 0 Å². The van der Waals surface area contributed by atoms with Gasteiger partial charge in [-0.1, -0.05) is 12.1 Å². The predicted octanol–water partition coefficient (Wildman–Crippen LogP) is 3.54. The molecule has 0 saturated carbocycles. The molecule has 1 aromatic heterocycles. The number of carbonyl (C=O) groups is 2. The molecule has 0 bridgehead atoms. The lowest BCUT2D eigenvalue weighted by Gasteiger charge is -2.17. The number of hydrogen-bond donors (Lipinski definition) is 1. The Morgan fingerprint density at radius 3 is 2.82 bits per heavy atom. The zero-order valence-electron chi connectivity index (χ0n) is 15.8. The molecule has 2 aromatic carbocycles. The molecule has 4 rings (SSSR count). The van der Waals surface area contributed by atoms with Gasteiger partial charge in [-0.15, -0.1) is 0 Å². The number of amides is 2. The van der Waals surface area contributed by atoms with Gasteiger partial charge in [0.15, 0.2) is 0 Å². The van der Waals surface area contributed by atoms with Crippen molar-refractivity contribution in [1.29, 1.82) is 0 Å². The van der Waals surface area contributed by atoms with Gasteiger partial charge in [0, 0.05) is 35.8 Å². The molecule has 1 N–H and O–H groups in total. The van der Waals surface area contributed by atoms with Crippen LogP contribution in [-0.2, 0) is 9.59 Å². The number of anilines is 2. The first-order valence-corrected chi connectivity index (χ1v) is 9.17. The van der Waals surface area contributed by atoms with Crippen LogP contribution in [0.1, 0.15) is 12.1 Å². The van der Waals surface area contributed by atoms with E-state index in [-0.39, 0.29) is 18.2 Å². The molecule has 2 heterocycles.